The predicted octanol–water partition coefficient (Wildman–Crippen LogP) is 4.59. The fraction of sp³-hybridized carbons (Fsp3) is 0.138. The Morgan fingerprint density at radius 2 is 1.59 bits per heavy atom. The van der Waals surface area contributed by atoms with Crippen molar-refractivity contribution < 1.29 is 28.6 Å². The quantitative estimate of drug-likeness (QED) is 0.276. The molecule has 1 N–H and O–H groups in total. The van der Waals surface area contributed by atoms with Crippen LogP contribution in [0.15, 0.2) is 95.8 Å². The zero-order chi connectivity index (χ0) is 26.4. The van der Waals surface area contributed by atoms with Crippen molar-refractivity contribution in [1.29, 1.82) is 0 Å². The number of ketones is 1. The number of carbonyl (C=O) groups is 3. The molecule has 1 aliphatic rings. The van der Waals surface area contributed by atoms with Crippen LogP contribution in [0.2, 0.25) is 0 Å². The molecule has 37 heavy (non-hydrogen) atoms. The minimum atomic E-state index is -0.679. The molecule has 0 saturated carbocycles. The molecule has 8 nitrogen and oxygen atoms in total. The number of nitrogens with one attached hydrogen (secondary N) is 1. The number of rotatable bonds is 8. The summed E-state index contributed by atoms with van der Waals surface area (Å²) >= 11 is 0. The molecule has 3 aromatic rings. The second kappa shape index (κ2) is 11.3. The van der Waals surface area contributed by atoms with Gasteiger partial charge in [0.1, 0.15) is 17.1 Å². The van der Waals surface area contributed by atoms with Gasteiger partial charge in [0.05, 0.1) is 25.6 Å². The lowest BCUT2D eigenvalue weighted by atomic mass is 10.1. The third kappa shape index (κ3) is 5.54. The van der Waals surface area contributed by atoms with E-state index in [2.05, 4.69) is 5.32 Å². The van der Waals surface area contributed by atoms with Crippen LogP contribution in [-0.4, -0.2) is 38.5 Å². The van der Waals surface area contributed by atoms with Crippen LogP contribution in [-0.2, 0) is 19.1 Å². The molecular weight excluding hydrogens is 472 g/mol. The number of allylic oxidation sites excluding steroid dienone is 2. The standard InChI is InChI=1S/C29H26N2O6/c1-19-27(29(34)36-3)28(33)24(31(19)21-9-5-4-6-10-21)17-20-13-15-22(16-14-20)37-18-26(32)30-23-11-7-8-12-25(23)35-2/h4-17H,18H2,1-3H3,(H,30,32)/b24-17-. The Balaban J connectivity index is 1.49. The Morgan fingerprint density at radius 1 is 0.919 bits per heavy atom. The van der Waals surface area contributed by atoms with E-state index in [4.69, 9.17) is 14.2 Å². The molecule has 0 unspecified atom stereocenters. The highest BCUT2D eigenvalue weighted by molar-refractivity contribution is 6.30. The van der Waals surface area contributed by atoms with Crippen molar-refractivity contribution in [2.45, 2.75) is 6.92 Å². The third-order valence-corrected chi connectivity index (χ3v) is 5.74. The summed E-state index contributed by atoms with van der Waals surface area (Å²) in [5.74, 6) is -0.384. The molecule has 0 bridgehead atoms. The number of anilines is 2. The number of para-hydroxylation sites is 3. The Labute approximate surface area is 214 Å². The van der Waals surface area contributed by atoms with Gasteiger partial charge in [0, 0.05) is 11.4 Å². The van der Waals surface area contributed by atoms with Crippen LogP contribution in [0.3, 0.4) is 0 Å². The van der Waals surface area contributed by atoms with Gasteiger partial charge >= 0.3 is 5.97 Å². The highest BCUT2D eigenvalue weighted by Crippen LogP contribution is 2.35. The minimum Gasteiger partial charge on any atom is -0.495 e. The first-order valence-electron chi connectivity index (χ1n) is 11.5. The minimum absolute atomic E-state index is 0.00128. The zero-order valence-electron chi connectivity index (χ0n) is 20.7. The first-order valence-corrected chi connectivity index (χ1v) is 11.5. The molecule has 0 saturated heterocycles. The average Bonchev–Trinajstić information content (AvgIpc) is 3.17. The molecule has 0 atom stereocenters. The number of carbonyl (C=O) groups excluding carboxylic acids is 3. The van der Waals surface area contributed by atoms with E-state index >= 15 is 0 Å². The number of hydrogen-bond acceptors (Lipinski definition) is 7. The van der Waals surface area contributed by atoms with E-state index in [9.17, 15) is 14.4 Å². The van der Waals surface area contributed by atoms with Crippen molar-refractivity contribution in [2.24, 2.45) is 0 Å². The maximum Gasteiger partial charge on any atom is 0.343 e. The lowest BCUT2D eigenvalue weighted by molar-refractivity contribution is -0.137. The van der Waals surface area contributed by atoms with Crippen molar-refractivity contribution in [3.63, 3.8) is 0 Å². The number of hydrogen-bond donors (Lipinski definition) is 1. The molecule has 0 spiro atoms. The van der Waals surface area contributed by atoms with Gasteiger partial charge in [-0.05, 0) is 55.0 Å². The van der Waals surface area contributed by atoms with Gasteiger partial charge in [-0.2, -0.15) is 0 Å². The van der Waals surface area contributed by atoms with E-state index in [1.54, 1.807) is 60.4 Å². The molecule has 0 fully saturated rings. The van der Waals surface area contributed by atoms with Crippen LogP contribution in [0.4, 0.5) is 11.4 Å². The first kappa shape index (κ1) is 25.2. The normalized spacial score (nSPS) is 14.1. The van der Waals surface area contributed by atoms with Crippen molar-refractivity contribution >= 4 is 35.1 Å². The van der Waals surface area contributed by atoms with Gasteiger partial charge in [0.25, 0.3) is 5.91 Å². The van der Waals surface area contributed by atoms with Crippen molar-refractivity contribution in [3.05, 3.63) is 101 Å². The number of benzene rings is 3. The number of amides is 1. The molecule has 0 aliphatic carbocycles. The van der Waals surface area contributed by atoms with E-state index < -0.39 is 11.8 Å². The van der Waals surface area contributed by atoms with Gasteiger partial charge < -0.3 is 24.4 Å². The Hall–Kier alpha value is -4.85. The first-order chi connectivity index (χ1) is 17.9. The summed E-state index contributed by atoms with van der Waals surface area (Å²) in [6.45, 7) is 1.52. The summed E-state index contributed by atoms with van der Waals surface area (Å²) in [5, 5.41) is 2.75. The Kier molecular flexibility index (Phi) is 7.68. The third-order valence-electron chi connectivity index (χ3n) is 5.74. The smallest absolute Gasteiger partial charge is 0.343 e. The van der Waals surface area contributed by atoms with E-state index in [-0.39, 0.29) is 18.1 Å². The van der Waals surface area contributed by atoms with Crippen LogP contribution >= 0.6 is 0 Å². The fourth-order valence-electron chi connectivity index (χ4n) is 3.97. The van der Waals surface area contributed by atoms with Gasteiger partial charge in [0.2, 0.25) is 5.78 Å². The molecule has 8 heteroatoms. The van der Waals surface area contributed by atoms with Crippen LogP contribution in [0.25, 0.3) is 6.08 Å². The number of Topliss-reactive ketones (excluding diaryl/α,β-unsaturated/α-hetero) is 1. The van der Waals surface area contributed by atoms with E-state index in [0.717, 1.165) is 5.69 Å². The topological polar surface area (TPSA) is 94.2 Å². The van der Waals surface area contributed by atoms with Gasteiger partial charge in [-0.3, -0.25) is 9.59 Å². The monoisotopic (exact) mass is 498 g/mol. The number of methoxy groups -OCH3 is 2. The SMILES string of the molecule is COC(=O)C1=C(C)N(c2ccccc2)/C(=C\c2ccc(OCC(=O)Nc3ccccc3OC)cc2)C1=O. The van der Waals surface area contributed by atoms with Crippen LogP contribution in [0, 0.1) is 0 Å². The second-order valence-electron chi connectivity index (χ2n) is 8.09. The van der Waals surface area contributed by atoms with Gasteiger partial charge in [-0.1, -0.05) is 42.5 Å². The van der Waals surface area contributed by atoms with E-state index in [1.807, 2.05) is 36.4 Å². The summed E-state index contributed by atoms with van der Waals surface area (Å²) in [7, 11) is 2.78. The summed E-state index contributed by atoms with van der Waals surface area (Å²) in [5.41, 5.74) is 2.84. The maximum absolute atomic E-state index is 13.2. The summed E-state index contributed by atoms with van der Waals surface area (Å²) in [6, 6.07) is 23.4. The lowest BCUT2D eigenvalue weighted by Crippen LogP contribution is -2.20. The van der Waals surface area contributed by atoms with Crippen LogP contribution in [0.1, 0.15) is 12.5 Å². The molecular formula is C29H26N2O6. The number of nitrogens with zero attached hydrogens (tertiary/aromatic N) is 1. The molecule has 1 amide bonds. The van der Waals surface area contributed by atoms with Crippen molar-refractivity contribution in [3.8, 4) is 11.5 Å². The van der Waals surface area contributed by atoms with E-state index in [1.165, 1.54) is 14.2 Å². The molecule has 188 valence electrons. The molecule has 1 aliphatic heterocycles. The Morgan fingerprint density at radius 3 is 2.27 bits per heavy atom. The van der Waals surface area contributed by atoms with E-state index in [0.29, 0.717) is 34.1 Å². The predicted molar refractivity (Wildman–Crippen MR) is 140 cm³/mol. The van der Waals surface area contributed by atoms with Crippen LogP contribution < -0.4 is 19.7 Å². The lowest BCUT2D eigenvalue weighted by Gasteiger charge is -2.21. The number of esters is 1. The van der Waals surface area contributed by atoms with Crippen molar-refractivity contribution in [1.82, 2.24) is 0 Å². The molecule has 4 rings (SSSR count). The van der Waals surface area contributed by atoms with Crippen molar-refractivity contribution in [2.75, 3.05) is 31.0 Å². The molecule has 0 aromatic heterocycles. The Bertz CT molecular complexity index is 1380. The largest absolute Gasteiger partial charge is 0.495 e. The van der Waals surface area contributed by atoms with Gasteiger partial charge in [-0.15, -0.1) is 0 Å². The summed E-state index contributed by atoms with van der Waals surface area (Å²) in [4.78, 5) is 39.6. The summed E-state index contributed by atoms with van der Waals surface area (Å²) in [6.07, 6.45) is 1.70. The second-order valence-corrected chi connectivity index (χ2v) is 8.09. The summed E-state index contributed by atoms with van der Waals surface area (Å²) < 4.78 is 15.7. The fourth-order valence-corrected chi connectivity index (χ4v) is 3.97. The molecule has 3 aromatic carbocycles. The van der Waals surface area contributed by atoms with Crippen LogP contribution in [0.5, 0.6) is 11.5 Å². The van der Waals surface area contributed by atoms with Gasteiger partial charge in [-0.25, -0.2) is 4.79 Å². The van der Waals surface area contributed by atoms with Gasteiger partial charge in [0.15, 0.2) is 6.61 Å². The zero-order valence-corrected chi connectivity index (χ0v) is 20.7. The highest BCUT2D eigenvalue weighted by atomic mass is 16.5. The maximum atomic E-state index is 13.2. The number of ether oxygens (including phenoxy) is 3. The molecule has 0 radical (unpaired) electrons. The highest BCUT2D eigenvalue weighted by Gasteiger charge is 2.38. The molecule has 1 heterocycles. The average molecular weight is 499 g/mol.